The predicted octanol–water partition coefficient (Wildman–Crippen LogP) is 4.54. The maximum Gasteiger partial charge on any atom is 0.137 e. The highest BCUT2D eigenvalue weighted by molar-refractivity contribution is 5.88. The summed E-state index contributed by atoms with van der Waals surface area (Å²) < 4.78 is 0. The van der Waals surface area contributed by atoms with Crippen molar-refractivity contribution in [3.8, 4) is 0 Å². The molecule has 0 N–H and O–H groups in total. The molecule has 0 saturated heterocycles. The van der Waals surface area contributed by atoms with Crippen LogP contribution in [-0.2, 0) is 11.2 Å². The van der Waals surface area contributed by atoms with Crippen LogP contribution in [0, 0.1) is 0 Å². The minimum absolute atomic E-state index is 0.247. The molecule has 2 nitrogen and oxygen atoms in total. The van der Waals surface area contributed by atoms with Gasteiger partial charge in [0.15, 0.2) is 0 Å². The van der Waals surface area contributed by atoms with Crippen LogP contribution in [0.4, 0.5) is 0 Å². The molecule has 0 aliphatic rings. The summed E-state index contributed by atoms with van der Waals surface area (Å²) in [6, 6.07) is 20.2. The number of nitrogens with zero attached hydrogens (tertiary/aromatic N) is 1. The Bertz CT molecular complexity index is 775. The summed E-state index contributed by atoms with van der Waals surface area (Å²) in [5.41, 5.74) is 3.17. The molecule has 22 heavy (non-hydrogen) atoms. The number of hydrogen-bond donors (Lipinski definition) is 0. The topological polar surface area (TPSA) is 30.0 Å². The van der Waals surface area contributed by atoms with Crippen molar-refractivity contribution < 1.29 is 4.79 Å². The molecule has 1 unspecified atom stereocenters. The van der Waals surface area contributed by atoms with Crippen molar-refractivity contribution in [1.82, 2.24) is 4.98 Å². The molecule has 0 aliphatic heterocycles. The summed E-state index contributed by atoms with van der Waals surface area (Å²) in [7, 11) is 0. The van der Waals surface area contributed by atoms with Crippen LogP contribution in [0.5, 0.6) is 0 Å². The number of aromatic nitrogens is 1. The summed E-state index contributed by atoms with van der Waals surface area (Å²) in [6.45, 7) is 2.11. The number of Topliss-reactive ketones (excluding diaryl/α,β-unsaturated/α-hetero) is 1. The second-order valence-corrected chi connectivity index (χ2v) is 5.72. The lowest BCUT2D eigenvalue weighted by atomic mass is 9.93. The fourth-order valence-electron chi connectivity index (χ4n) is 2.84. The monoisotopic (exact) mass is 289 g/mol. The normalized spacial score (nSPS) is 12.2. The van der Waals surface area contributed by atoms with E-state index in [1.807, 2.05) is 48.5 Å². The average Bonchev–Trinajstić information content (AvgIpc) is 2.56. The van der Waals surface area contributed by atoms with Crippen LogP contribution in [0.2, 0.25) is 0 Å². The van der Waals surface area contributed by atoms with Crippen LogP contribution >= 0.6 is 0 Å². The third-order valence-electron chi connectivity index (χ3n) is 4.01. The molecule has 0 bridgehead atoms. The number of carbonyl (C=O) groups excluding carboxylic acids is 1. The van der Waals surface area contributed by atoms with Crippen molar-refractivity contribution >= 4 is 16.7 Å². The number of ketones is 1. The van der Waals surface area contributed by atoms with Gasteiger partial charge in [-0.05, 0) is 23.1 Å². The third kappa shape index (κ3) is 3.22. The van der Waals surface area contributed by atoms with Crippen LogP contribution in [0.15, 0.2) is 66.9 Å². The van der Waals surface area contributed by atoms with E-state index in [0.717, 1.165) is 16.5 Å². The standard InChI is InChI=1S/C20H19NO/c1-15(16-7-3-2-4-8-16)13-19(22)14-18-10-5-9-17-11-6-12-21-20(17)18/h2-12,15H,13-14H2,1H3. The lowest BCUT2D eigenvalue weighted by Crippen LogP contribution is -2.08. The van der Waals surface area contributed by atoms with Gasteiger partial charge in [-0.15, -0.1) is 0 Å². The molecule has 2 heteroatoms. The van der Waals surface area contributed by atoms with Gasteiger partial charge in [-0.25, -0.2) is 0 Å². The Hall–Kier alpha value is -2.48. The van der Waals surface area contributed by atoms with Crippen molar-refractivity contribution in [2.75, 3.05) is 0 Å². The summed E-state index contributed by atoms with van der Waals surface area (Å²) in [6.07, 6.45) is 2.79. The molecule has 2 aromatic carbocycles. The van der Waals surface area contributed by atoms with Gasteiger partial charge < -0.3 is 0 Å². The molecule has 1 heterocycles. The van der Waals surface area contributed by atoms with Crippen LogP contribution < -0.4 is 0 Å². The molecule has 0 amide bonds. The molecule has 0 aliphatic carbocycles. The van der Waals surface area contributed by atoms with Gasteiger partial charge in [-0.2, -0.15) is 0 Å². The van der Waals surface area contributed by atoms with Gasteiger partial charge in [-0.1, -0.05) is 61.5 Å². The number of hydrogen-bond acceptors (Lipinski definition) is 2. The minimum Gasteiger partial charge on any atom is -0.299 e. The molecule has 0 spiro atoms. The molecule has 0 saturated carbocycles. The highest BCUT2D eigenvalue weighted by Crippen LogP contribution is 2.21. The van der Waals surface area contributed by atoms with Gasteiger partial charge in [0.25, 0.3) is 0 Å². The lowest BCUT2D eigenvalue weighted by molar-refractivity contribution is -0.118. The third-order valence-corrected chi connectivity index (χ3v) is 4.01. The molecule has 110 valence electrons. The first-order chi connectivity index (χ1) is 10.7. The Kier molecular flexibility index (Phi) is 4.29. The summed E-state index contributed by atoms with van der Waals surface area (Å²) in [5.74, 6) is 0.506. The van der Waals surface area contributed by atoms with Crippen molar-refractivity contribution in [3.63, 3.8) is 0 Å². The van der Waals surface area contributed by atoms with E-state index >= 15 is 0 Å². The van der Waals surface area contributed by atoms with Gasteiger partial charge in [0.2, 0.25) is 0 Å². The summed E-state index contributed by atoms with van der Waals surface area (Å²) in [4.78, 5) is 16.8. The molecular weight excluding hydrogens is 270 g/mol. The fraction of sp³-hybridized carbons (Fsp3) is 0.200. The largest absolute Gasteiger partial charge is 0.299 e. The number of carbonyl (C=O) groups is 1. The first kappa shape index (κ1) is 14.5. The smallest absolute Gasteiger partial charge is 0.137 e. The maximum atomic E-state index is 12.4. The van der Waals surface area contributed by atoms with E-state index in [1.165, 1.54) is 5.56 Å². The van der Waals surface area contributed by atoms with Crippen LogP contribution in [-0.4, -0.2) is 10.8 Å². The van der Waals surface area contributed by atoms with Gasteiger partial charge >= 0.3 is 0 Å². The Labute approximate surface area is 130 Å². The minimum atomic E-state index is 0.247. The molecule has 1 aromatic heterocycles. The zero-order valence-electron chi connectivity index (χ0n) is 12.7. The Morgan fingerprint density at radius 2 is 1.77 bits per heavy atom. The SMILES string of the molecule is CC(CC(=O)Cc1cccc2cccnc12)c1ccccc1. The number of pyridine rings is 1. The molecule has 3 aromatic rings. The number of benzene rings is 2. The van der Waals surface area contributed by atoms with E-state index in [4.69, 9.17) is 0 Å². The molecular formula is C20H19NO. The van der Waals surface area contributed by atoms with E-state index in [0.29, 0.717) is 12.8 Å². The highest BCUT2D eigenvalue weighted by Gasteiger charge is 2.13. The van der Waals surface area contributed by atoms with Crippen LogP contribution in [0.25, 0.3) is 10.9 Å². The van der Waals surface area contributed by atoms with Crippen LogP contribution in [0.1, 0.15) is 30.4 Å². The second-order valence-electron chi connectivity index (χ2n) is 5.72. The first-order valence-corrected chi connectivity index (χ1v) is 7.63. The zero-order chi connectivity index (χ0) is 15.4. The number of fused-ring (bicyclic) bond motifs is 1. The molecule has 0 fully saturated rings. The van der Waals surface area contributed by atoms with E-state index in [-0.39, 0.29) is 11.7 Å². The van der Waals surface area contributed by atoms with Gasteiger partial charge in [0.1, 0.15) is 5.78 Å². The Balaban J connectivity index is 1.74. The summed E-state index contributed by atoms with van der Waals surface area (Å²) >= 11 is 0. The van der Waals surface area contributed by atoms with E-state index < -0.39 is 0 Å². The summed E-state index contributed by atoms with van der Waals surface area (Å²) in [5, 5.41) is 1.09. The van der Waals surface area contributed by atoms with E-state index in [1.54, 1.807) is 6.20 Å². The van der Waals surface area contributed by atoms with Gasteiger partial charge in [0.05, 0.1) is 5.52 Å². The molecule has 3 rings (SSSR count). The van der Waals surface area contributed by atoms with Crippen molar-refractivity contribution in [3.05, 3.63) is 78.0 Å². The Morgan fingerprint density at radius 3 is 2.59 bits per heavy atom. The number of para-hydroxylation sites is 1. The predicted molar refractivity (Wildman–Crippen MR) is 89.9 cm³/mol. The highest BCUT2D eigenvalue weighted by atomic mass is 16.1. The fourth-order valence-corrected chi connectivity index (χ4v) is 2.84. The maximum absolute atomic E-state index is 12.4. The van der Waals surface area contributed by atoms with Crippen molar-refractivity contribution in [2.24, 2.45) is 0 Å². The second kappa shape index (κ2) is 6.52. The van der Waals surface area contributed by atoms with E-state index in [2.05, 4.69) is 24.0 Å². The van der Waals surface area contributed by atoms with E-state index in [9.17, 15) is 4.79 Å². The lowest BCUT2D eigenvalue weighted by Gasteiger charge is -2.11. The van der Waals surface area contributed by atoms with Crippen LogP contribution in [0.3, 0.4) is 0 Å². The Morgan fingerprint density at radius 1 is 1.00 bits per heavy atom. The van der Waals surface area contributed by atoms with Gasteiger partial charge in [0, 0.05) is 24.4 Å². The van der Waals surface area contributed by atoms with Crippen molar-refractivity contribution in [2.45, 2.75) is 25.7 Å². The van der Waals surface area contributed by atoms with Crippen molar-refractivity contribution in [1.29, 1.82) is 0 Å². The molecule has 1 atom stereocenters. The van der Waals surface area contributed by atoms with Gasteiger partial charge in [-0.3, -0.25) is 9.78 Å². The average molecular weight is 289 g/mol. The zero-order valence-corrected chi connectivity index (χ0v) is 12.7. The molecule has 0 radical (unpaired) electrons. The quantitative estimate of drug-likeness (QED) is 0.690. The number of rotatable bonds is 5. The first-order valence-electron chi connectivity index (χ1n) is 7.63.